The Labute approximate surface area is 163 Å². The molecule has 1 aromatic heterocycles. The largest absolute Gasteiger partial charge is 0.370 e. The van der Waals surface area contributed by atoms with Crippen LogP contribution in [-0.2, 0) is 24.0 Å². The molecule has 26 heavy (non-hydrogen) atoms. The zero-order chi connectivity index (χ0) is 18.1. The molecule has 3 rings (SSSR count). The highest BCUT2D eigenvalue weighted by Gasteiger charge is 2.24. The van der Waals surface area contributed by atoms with Gasteiger partial charge in [0.05, 0.1) is 26.8 Å². The summed E-state index contributed by atoms with van der Waals surface area (Å²) in [4.78, 5) is 3.13. The van der Waals surface area contributed by atoms with Gasteiger partial charge in [0.25, 0.3) is 0 Å². The van der Waals surface area contributed by atoms with Crippen LogP contribution in [0.1, 0.15) is 41.0 Å². The summed E-state index contributed by atoms with van der Waals surface area (Å²) in [5, 5.41) is 0. The van der Waals surface area contributed by atoms with Gasteiger partial charge in [0.15, 0.2) is 0 Å². The number of aryl methyl sites for hydroxylation is 3. The molecule has 0 bridgehead atoms. The van der Waals surface area contributed by atoms with Gasteiger partial charge in [-0.2, -0.15) is 0 Å². The highest BCUT2D eigenvalue weighted by molar-refractivity contribution is 7.11. The molecule has 3 heteroatoms. The van der Waals surface area contributed by atoms with E-state index in [0.29, 0.717) is 0 Å². The minimum atomic E-state index is 0.943. The number of morpholine rings is 1. The second-order valence-corrected chi connectivity index (χ2v) is 9.17. The van der Waals surface area contributed by atoms with Gasteiger partial charge in [0.1, 0.15) is 13.1 Å². The molecule has 0 N–H and O–H groups in total. The Bertz CT molecular complexity index is 631. The quantitative estimate of drug-likeness (QED) is 0.416. The van der Waals surface area contributed by atoms with Crippen molar-refractivity contribution < 1.29 is 9.22 Å². The summed E-state index contributed by atoms with van der Waals surface area (Å²) in [6.07, 6.45) is 8.97. The van der Waals surface area contributed by atoms with Crippen LogP contribution in [0.3, 0.4) is 0 Å². The molecule has 1 aliphatic heterocycles. The molecule has 1 saturated heterocycles. The zero-order valence-electron chi connectivity index (χ0n) is 16.3. The third-order valence-corrected chi connectivity index (χ3v) is 6.83. The van der Waals surface area contributed by atoms with E-state index in [2.05, 4.69) is 49.5 Å². The van der Waals surface area contributed by atoms with Crippen LogP contribution in [0.2, 0.25) is 0 Å². The molecule has 142 valence electrons. The molecule has 0 aliphatic carbocycles. The maximum atomic E-state index is 5.49. The van der Waals surface area contributed by atoms with Crippen LogP contribution < -0.4 is 0 Å². The van der Waals surface area contributed by atoms with Crippen molar-refractivity contribution in [2.45, 2.75) is 44.9 Å². The van der Waals surface area contributed by atoms with Crippen molar-refractivity contribution in [3.63, 3.8) is 0 Å². The van der Waals surface area contributed by atoms with Crippen molar-refractivity contribution in [1.82, 2.24) is 0 Å². The van der Waals surface area contributed by atoms with Gasteiger partial charge in [-0.3, -0.25) is 0 Å². The van der Waals surface area contributed by atoms with Gasteiger partial charge in [0.2, 0.25) is 0 Å². The Balaban J connectivity index is 1.28. The van der Waals surface area contributed by atoms with Crippen LogP contribution >= 0.6 is 11.3 Å². The van der Waals surface area contributed by atoms with E-state index >= 15 is 0 Å². The van der Waals surface area contributed by atoms with E-state index in [1.54, 1.807) is 9.75 Å². The first-order chi connectivity index (χ1) is 12.7. The summed E-state index contributed by atoms with van der Waals surface area (Å²) in [6.45, 7) is 5.59. The predicted molar refractivity (Wildman–Crippen MR) is 112 cm³/mol. The molecule has 2 heterocycles. The highest BCUT2D eigenvalue weighted by Crippen LogP contribution is 2.21. The van der Waals surface area contributed by atoms with E-state index in [1.165, 1.54) is 74.6 Å². The van der Waals surface area contributed by atoms with Crippen LogP contribution in [0.25, 0.3) is 0 Å². The summed E-state index contributed by atoms with van der Waals surface area (Å²) in [7, 11) is 2.39. The molecule has 0 amide bonds. The smallest absolute Gasteiger partial charge is 0.102 e. The second-order valence-electron chi connectivity index (χ2n) is 7.92. The lowest BCUT2D eigenvalue weighted by Crippen LogP contribution is -2.52. The minimum absolute atomic E-state index is 0.943. The van der Waals surface area contributed by atoms with E-state index < -0.39 is 0 Å². The number of quaternary nitrogens is 1. The van der Waals surface area contributed by atoms with Crippen molar-refractivity contribution in [3.05, 3.63) is 57.8 Å². The van der Waals surface area contributed by atoms with Gasteiger partial charge < -0.3 is 9.22 Å². The fourth-order valence-corrected chi connectivity index (χ4v) is 4.88. The number of unbranched alkanes of at least 4 members (excludes halogenated alkanes) is 2. The van der Waals surface area contributed by atoms with E-state index in [-0.39, 0.29) is 0 Å². The van der Waals surface area contributed by atoms with Crippen molar-refractivity contribution in [2.24, 2.45) is 0 Å². The SMILES string of the molecule is C[N+]1(CCCCCc2ccc(CCCc3ccccc3)s2)CCOCC1. The van der Waals surface area contributed by atoms with Crippen LogP contribution in [-0.4, -0.2) is 44.4 Å². The summed E-state index contributed by atoms with van der Waals surface area (Å²) in [5.74, 6) is 0. The predicted octanol–water partition coefficient (Wildman–Crippen LogP) is 5.11. The number of ether oxygens (including phenoxy) is 1. The molecule has 2 aromatic rings. The molecule has 0 radical (unpaired) electrons. The van der Waals surface area contributed by atoms with Crippen molar-refractivity contribution in [2.75, 3.05) is 39.9 Å². The number of benzene rings is 1. The van der Waals surface area contributed by atoms with E-state index in [9.17, 15) is 0 Å². The van der Waals surface area contributed by atoms with Gasteiger partial charge in [-0.1, -0.05) is 30.3 Å². The lowest BCUT2D eigenvalue weighted by molar-refractivity contribution is -0.917. The number of likely N-dealkylation sites (N-methyl/N-ethyl adjacent to an activating group) is 1. The number of hydrogen-bond acceptors (Lipinski definition) is 2. The number of thiophene rings is 1. The van der Waals surface area contributed by atoms with Crippen molar-refractivity contribution in [1.29, 1.82) is 0 Å². The average Bonchev–Trinajstić information content (AvgIpc) is 3.11. The summed E-state index contributed by atoms with van der Waals surface area (Å²) < 4.78 is 6.70. The Morgan fingerprint density at radius 2 is 1.50 bits per heavy atom. The van der Waals surface area contributed by atoms with Crippen LogP contribution in [0.15, 0.2) is 42.5 Å². The summed E-state index contributed by atoms with van der Waals surface area (Å²) in [6, 6.07) is 15.6. The Morgan fingerprint density at radius 3 is 2.23 bits per heavy atom. The average molecular weight is 373 g/mol. The monoisotopic (exact) mass is 372 g/mol. The second kappa shape index (κ2) is 10.2. The molecule has 0 unspecified atom stereocenters. The Kier molecular flexibility index (Phi) is 7.72. The molecule has 1 aromatic carbocycles. The van der Waals surface area contributed by atoms with Crippen LogP contribution in [0.5, 0.6) is 0 Å². The molecule has 0 spiro atoms. The van der Waals surface area contributed by atoms with E-state index in [0.717, 1.165) is 13.2 Å². The van der Waals surface area contributed by atoms with Crippen molar-refractivity contribution in [3.8, 4) is 0 Å². The molecular formula is C23H34NOS+. The minimum Gasteiger partial charge on any atom is -0.370 e. The topological polar surface area (TPSA) is 9.23 Å². The third kappa shape index (κ3) is 6.53. The summed E-state index contributed by atoms with van der Waals surface area (Å²) in [5.41, 5.74) is 1.46. The summed E-state index contributed by atoms with van der Waals surface area (Å²) >= 11 is 2.03. The van der Waals surface area contributed by atoms with E-state index in [4.69, 9.17) is 4.74 Å². The van der Waals surface area contributed by atoms with Gasteiger partial charge in [-0.15, -0.1) is 11.3 Å². The van der Waals surface area contributed by atoms with Gasteiger partial charge in [-0.25, -0.2) is 0 Å². The third-order valence-electron chi connectivity index (χ3n) is 5.62. The standard InChI is InChI=1S/C23H34NOS/c1-24(17-19-25-20-18-24)16-7-3-6-12-22-14-15-23(26-22)13-8-11-21-9-4-2-5-10-21/h2,4-5,9-10,14-15H,3,6-8,11-13,16-20H2,1H3/q+1. The van der Waals surface area contributed by atoms with Gasteiger partial charge >= 0.3 is 0 Å². The molecular weight excluding hydrogens is 338 g/mol. The fraction of sp³-hybridized carbons (Fsp3) is 0.565. The maximum Gasteiger partial charge on any atom is 0.102 e. The van der Waals surface area contributed by atoms with Gasteiger partial charge in [0, 0.05) is 9.75 Å². The molecule has 0 saturated carbocycles. The first-order valence-electron chi connectivity index (χ1n) is 10.3. The lowest BCUT2D eigenvalue weighted by Gasteiger charge is -2.37. The number of hydrogen-bond donors (Lipinski definition) is 0. The lowest BCUT2D eigenvalue weighted by atomic mass is 10.1. The van der Waals surface area contributed by atoms with Crippen LogP contribution in [0, 0.1) is 0 Å². The Hall–Kier alpha value is -1.16. The molecule has 1 fully saturated rings. The first kappa shape index (κ1) is 19.6. The van der Waals surface area contributed by atoms with E-state index in [1.807, 2.05) is 11.3 Å². The van der Waals surface area contributed by atoms with Gasteiger partial charge in [-0.05, 0) is 62.6 Å². The maximum absolute atomic E-state index is 5.49. The normalized spacial score (nSPS) is 16.7. The first-order valence-corrected chi connectivity index (χ1v) is 11.1. The zero-order valence-corrected chi connectivity index (χ0v) is 17.1. The Morgan fingerprint density at radius 1 is 0.808 bits per heavy atom. The molecule has 2 nitrogen and oxygen atoms in total. The molecule has 1 aliphatic rings. The molecule has 0 atom stereocenters. The van der Waals surface area contributed by atoms with Crippen LogP contribution in [0.4, 0.5) is 0 Å². The number of rotatable bonds is 10. The van der Waals surface area contributed by atoms with Crippen molar-refractivity contribution >= 4 is 11.3 Å². The highest BCUT2D eigenvalue weighted by atomic mass is 32.1. The fourth-order valence-electron chi connectivity index (χ4n) is 3.78. The number of nitrogens with zero attached hydrogens (tertiary/aromatic N) is 1.